The molecule has 0 aliphatic heterocycles. The van der Waals surface area contributed by atoms with Crippen molar-refractivity contribution >= 4 is 21.4 Å². The van der Waals surface area contributed by atoms with Crippen LogP contribution in [0, 0.1) is 6.92 Å². The second-order valence-corrected chi connectivity index (χ2v) is 7.79. The fraction of sp³-hybridized carbons (Fsp3) is 0.389. The maximum atomic E-state index is 12.4. The minimum Gasteiger partial charge on any atom is -0.316 e. The molecule has 11 heteroatoms. The molecule has 0 amide bonds. The number of aromatic nitrogens is 4. The summed E-state index contributed by atoms with van der Waals surface area (Å²) in [5.74, 6) is 0. The third kappa shape index (κ3) is 5.19. The molecular formula is C18H22N4O6S. The van der Waals surface area contributed by atoms with Gasteiger partial charge in [-0.2, -0.15) is 8.42 Å². The van der Waals surface area contributed by atoms with Crippen molar-refractivity contribution < 1.29 is 17.2 Å². The molecule has 3 rings (SSSR count). The normalized spacial score (nSPS) is 11.9. The van der Waals surface area contributed by atoms with Crippen molar-refractivity contribution in [2.45, 2.75) is 39.2 Å². The number of imidazole rings is 1. The van der Waals surface area contributed by atoms with Crippen molar-refractivity contribution in [2.24, 2.45) is 0 Å². The first-order valence-electron chi connectivity index (χ1n) is 9.14. The average molecular weight is 422 g/mol. The fourth-order valence-electron chi connectivity index (χ4n) is 3.21. The van der Waals surface area contributed by atoms with Gasteiger partial charge in [-0.25, -0.2) is 9.17 Å². The van der Waals surface area contributed by atoms with E-state index in [1.165, 1.54) is 4.57 Å². The first kappa shape index (κ1) is 21.0. The molecule has 0 fully saturated rings. The SMILES string of the molecule is Cc1cc2[nH]c(=O)c(=O)n(CCCCCCOS(=O)(=O)O)c2cc1-n1ccnc1. The van der Waals surface area contributed by atoms with Gasteiger partial charge in [-0.15, -0.1) is 0 Å². The maximum absolute atomic E-state index is 12.4. The van der Waals surface area contributed by atoms with Crippen LogP contribution in [-0.2, 0) is 21.1 Å². The van der Waals surface area contributed by atoms with Crippen molar-refractivity contribution in [1.29, 1.82) is 0 Å². The van der Waals surface area contributed by atoms with E-state index < -0.39 is 21.5 Å². The molecule has 10 nitrogen and oxygen atoms in total. The Labute approximate surface area is 166 Å². The number of hydrogen-bond acceptors (Lipinski definition) is 6. The number of rotatable bonds is 9. The largest absolute Gasteiger partial charge is 0.397 e. The van der Waals surface area contributed by atoms with Gasteiger partial charge in [0, 0.05) is 18.9 Å². The lowest BCUT2D eigenvalue weighted by Crippen LogP contribution is -2.36. The van der Waals surface area contributed by atoms with Gasteiger partial charge in [0.2, 0.25) is 0 Å². The number of nitrogens with zero attached hydrogens (tertiary/aromatic N) is 3. The molecule has 3 aromatic rings. The van der Waals surface area contributed by atoms with E-state index in [1.54, 1.807) is 18.7 Å². The zero-order valence-electron chi connectivity index (χ0n) is 15.9. The van der Waals surface area contributed by atoms with E-state index in [1.807, 2.05) is 23.6 Å². The molecular weight excluding hydrogens is 400 g/mol. The van der Waals surface area contributed by atoms with Crippen molar-refractivity contribution in [3.63, 3.8) is 0 Å². The number of H-pyrrole nitrogens is 1. The first-order chi connectivity index (χ1) is 13.8. The third-order valence-corrected chi connectivity index (χ3v) is 5.05. The van der Waals surface area contributed by atoms with Gasteiger partial charge in [-0.1, -0.05) is 12.8 Å². The summed E-state index contributed by atoms with van der Waals surface area (Å²) in [5, 5.41) is 0. The van der Waals surface area contributed by atoms with Crippen molar-refractivity contribution in [3.05, 3.63) is 57.1 Å². The zero-order valence-corrected chi connectivity index (χ0v) is 16.7. The lowest BCUT2D eigenvalue weighted by Gasteiger charge is -2.13. The highest BCUT2D eigenvalue weighted by molar-refractivity contribution is 7.80. The summed E-state index contributed by atoms with van der Waals surface area (Å²) in [6.07, 6.45) is 7.57. The minimum atomic E-state index is -4.41. The number of aromatic amines is 1. The van der Waals surface area contributed by atoms with Crippen LogP contribution >= 0.6 is 0 Å². The zero-order chi connectivity index (χ0) is 21.0. The summed E-state index contributed by atoms with van der Waals surface area (Å²) in [5.41, 5.74) is 1.70. The van der Waals surface area contributed by atoms with Crippen LogP contribution in [0.3, 0.4) is 0 Å². The van der Waals surface area contributed by atoms with Crippen LogP contribution in [0.2, 0.25) is 0 Å². The molecule has 2 heterocycles. The number of benzene rings is 1. The Bertz CT molecular complexity index is 1210. The number of aryl methyl sites for hydroxylation is 2. The molecule has 1 aromatic carbocycles. The van der Waals surface area contributed by atoms with E-state index in [0.717, 1.165) is 11.3 Å². The summed E-state index contributed by atoms with van der Waals surface area (Å²) in [7, 11) is -4.41. The Morgan fingerprint density at radius 1 is 1.17 bits per heavy atom. The van der Waals surface area contributed by atoms with Crippen LogP contribution in [-0.4, -0.2) is 38.7 Å². The molecule has 0 atom stereocenters. The van der Waals surface area contributed by atoms with Gasteiger partial charge in [-0.05, 0) is 37.5 Å². The van der Waals surface area contributed by atoms with Gasteiger partial charge in [0.05, 0.1) is 29.7 Å². The van der Waals surface area contributed by atoms with E-state index >= 15 is 0 Å². The van der Waals surface area contributed by atoms with E-state index in [2.05, 4.69) is 14.2 Å². The molecule has 29 heavy (non-hydrogen) atoms. The number of unbranched alkanes of at least 4 members (excludes halogenated alkanes) is 3. The second kappa shape index (κ2) is 8.72. The Hall–Kier alpha value is -2.76. The van der Waals surface area contributed by atoms with Crippen LogP contribution in [0.15, 0.2) is 40.4 Å². The molecule has 0 saturated carbocycles. The molecule has 0 aliphatic rings. The standard InChI is InChI=1S/C18H22N4O6S/c1-13-10-14-16(11-15(13)21-8-6-19-12-21)22(18(24)17(23)20-14)7-4-2-3-5-9-28-29(25,26)27/h6,8,10-12H,2-5,7,9H2,1H3,(H,20,23)(H,25,26,27). The number of fused-ring (bicyclic) bond motifs is 1. The Balaban J connectivity index is 1.78. The summed E-state index contributed by atoms with van der Waals surface area (Å²) in [6.45, 7) is 2.17. The highest BCUT2D eigenvalue weighted by atomic mass is 32.3. The van der Waals surface area contributed by atoms with Crippen LogP contribution < -0.4 is 11.1 Å². The highest BCUT2D eigenvalue weighted by Gasteiger charge is 2.11. The van der Waals surface area contributed by atoms with E-state index in [9.17, 15) is 18.0 Å². The van der Waals surface area contributed by atoms with Gasteiger partial charge in [0.15, 0.2) is 0 Å². The molecule has 156 valence electrons. The fourth-order valence-corrected chi connectivity index (χ4v) is 3.54. The average Bonchev–Trinajstić information content (AvgIpc) is 3.17. The molecule has 0 spiro atoms. The number of nitrogens with one attached hydrogen (secondary N) is 1. The van der Waals surface area contributed by atoms with E-state index in [4.69, 9.17) is 4.55 Å². The van der Waals surface area contributed by atoms with Crippen LogP contribution in [0.25, 0.3) is 16.7 Å². The smallest absolute Gasteiger partial charge is 0.316 e. The molecule has 2 aromatic heterocycles. The Morgan fingerprint density at radius 3 is 2.62 bits per heavy atom. The Kier molecular flexibility index (Phi) is 6.30. The van der Waals surface area contributed by atoms with Gasteiger partial charge in [0.25, 0.3) is 0 Å². The van der Waals surface area contributed by atoms with Crippen molar-refractivity contribution in [1.82, 2.24) is 19.1 Å². The predicted octanol–water partition coefficient (Wildman–Crippen LogP) is 1.56. The monoisotopic (exact) mass is 422 g/mol. The molecule has 2 N–H and O–H groups in total. The lowest BCUT2D eigenvalue weighted by molar-refractivity contribution is 0.261. The quantitative estimate of drug-likeness (QED) is 0.303. The highest BCUT2D eigenvalue weighted by Crippen LogP contribution is 2.20. The minimum absolute atomic E-state index is 0.0970. The van der Waals surface area contributed by atoms with Crippen LogP contribution in [0.5, 0.6) is 0 Å². The first-order valence-corrected chi connectivity index (χ1v) is 10.5. The Morgan fingerprint density at radius 2 is 1.93 bits per heavy atom. The van der Waals surface area contributed by atoms with E-state index in [-0.39, 0.29) is 6.61 Å². The molecule has 0 unspecified atom stereocenters. The summed E-state index contributed by atoms with van der Waals surface area (Å²) in [4.78, 5) is 31.2. The van der Waals surface area contributed by atoms with Crippen molar-refractivity contribution in [2.75, 3.05) is 6.61 Å². The lowest BCUT2D eigenvalue weighted by atomic mass is 10.1. The molecule has 0 radical (unpaired) electrons. The maximum Gasteiger partial charge on any atom is 0.397 e. The second-order valence-electron chi connectivity index (χ2n) is 6.70. The molecule has 0 aliphatic carbocycles. The van der Waals surface area contributed by atoms with E-state index in [0.29, 0.717) is 43.3 Å². The molecule has 0 bridgehead atoms. The van der Waals surface area contributed by atoms with Gasteiger partial charge >= 0.3 is 21.5 Å². The third-order valence-electron chi connectivity index (χ3n) is 4.58. The van der Waals surface area contributed by atoms with Crippen LogP contribution in [0.4, 0.5) is 0 Å². The van der Waals surface area contributed by atoms with Gasteiger partial charge in [0.1, 0.15) is 0 Å². The van der Waals surface area contributed by atoms with Gasteiger partial charge < -0.3 is 14.1 Å². The summed E-state index contributed by atoms with van der Waals surface area (Å²) in [6, 6.07) is 3.68. The summed E-state index contributed by atoms with van der Waals surface area (Å²) >= 11 is 0. The summed E-state index contributed by atoms with van der Waals surface area (Å²) < 4.78 is 37.1. The van der Waals surface area contributed by atoms with Gasteiger partial charge in [-0.3, -0.25) is 14.1 Å². The van der Waals surface area contributed by atoms with Crippen molar-refractivity contribution in [3.8, 4) is 5.69 Å². The number of hydrogen-bond donors (Lipinski definition) is 2. The topological polar surface area (TPSA) is 136 Å². The molecule has 0 saturated heterocycles. The predicted molar refractivity (Wildman–Crippen MR) is 107 cm³/mol. The van der Waals surface area contributed by atoms with Crippen LogP contribution in [0.1, 0.15) is 31.2 Å².